The van der Waals surface area contributed by atoms with Crippen LogP contribution in [0.2, 0.25) is 0 Å². The minimum Gasteiger partial charge on any atom is -0.457 e. The molecule has 64 heavy (non-hydrogen) atoms. The molecule has 0 amide bonds. The summed E-state index contributed by atoms with van der Waals surface area (Å²) in [6.07, 6.45) is 0. The van der Waals surface area contributed by atoms with Crippen LogP contribution in [0.4, 0.5) is 5.69 Å². The highest BCUT2D eigenvalue weighted by Gasteiger charge is 2.54. The van der Waals surface area contributed by atoms with Gasteiger partial charge in [-0.25, -0.2) is 0 Å². The third kappa shape index (κ3) is 6.40. The predicted octanol–water partition coefficient (Wildman–Crippen LogP) is 14.1. The number of nitrogens with zero attached hydrogens (tertiary/aromatic N) is 1. The molecule has 5 heteroatoms. The zero-order valence-corrected chi connectivity index (χ0v) is 37.2. The summed E-state index contributed by atoms with van der Waals surface area (Å²) in [6.45, 7) is 12.8. The Bertz CT molecular complexity index is 3050. The maximum absolute atomic E-state index is 6.67. The van der Waals surface area contributed by atoms with E-state index < -0.39 is 23.7 Å². The van der Waals surface area contributed by atoms with Crippen LogP contribution in [0, 0.1) is 0 Å². The summed E-state index contributed by atoms with van der Waals surface area (Å²) < 4.78 is 19.9. The Morgan fingerprint density at radius 3 is 1.64 bits per heavy atom. The van der Waals surface area contributed by atoms with Crippen LogP contribution in [-0.4, -0.2) is 24.0 Å². The molecule has 312 valence electrons. The van der Waals surface area contributed by atoms with Crippen LogP contribution in [0.15, 0.2) is 193 Å². The molecule has 0 N–H and O–H groups in total. The van der Waals surface area contributed by atoms with E-state index in [0.717, 1.165) is 56.2 Å². The smallest absolute Gasteiger partial charge is 0.457 e. The summed E-state index contributed by atoms with van der Waals surface area (Å²) in [5.41, 5.74) is 16.9. The molecule has 11 rings (SSSR count). The zero-order valence-electron chi connectivity index (χ0n) is 37.2. The highest BCUT2D eigenvalue weighted by atomic mass is 16.7. The van der Waals surface area contributed by atoms with Gasteiger partial charge >= 0.3 is 7.12 Å². The molecule has 0 saturated carbocycles. The molecule has 0 radical (unpaired) electrons. The quantitative estimate of drug-likeness (QED) is 0.119. The first-order valence-corrected chi connectivity index (χ1v) is 22.4. The van der Waals surface area contributed by atoms with Crippen LogP contribution in [0.25, 0.3) is 33.4 Å². The molecule has 1 spiro atoms. The lowest BCUT2D eigenvalue weighted by Gasteiger charge is -2.39. The number of ether oxygens (including phenoxy) is 1. The van der Waals surface area contributed by atoms with Crippen LogP contribution < -0.4 is 10.2 Å². The second kappa shape index (κ2) is 15.2. The van der Waals surface area contributed by atoms with Gasteiger partial charge in [0, 0.05) is 22.8 Å². The van der Waals surface area contributed by atoms with Crippen LogP contribution in [-0.2, 0) is 14.7 Å². The average Bonchev–Trinajstić information content (AvgIpc) is 3.73. The molecular weight excluding hydrogens is 781 g/mol. The lowest BCUT2D eigenvalue weighted by molar-refractivity contribution is 0.00578. The van der Waals surface area contributed by atoms with Crippen molar-refractivity contribution in [1.82, 2.24) is 0 Å². The average molecular weight is 832 g/mol. The van der Waals surface area contributed by atoms with Crippen LogP contribution in [0.1, 0.15) is 86.4 Å². The van der Waals surface area contributed by atoms with Gasteiger partial charge in [0.2, 0.25) is 0 Å². The molecule has 1 saturated heterocycles. The monoisotopic (exact) mass is 831 g/mol. The van der Waals surface area contributed by atoms with Crippen molar-refractivity contribution < 1.29 is 14.0 Å². The molecular formula is C59H50BNO3. The van der Waals surface area contributed by atoms with E-state index in [4.69, 9.17) is 19.0 Å². The lowest BCUT2D eigenvalue weighted by atomic mass is 9.64. The number of hydrogen-bond acceptors (Lipinski definition) is 4. The topological polar surface area (TPSA) is 40.0 Å². The van der Waals surface area contributed by atoms with E-state index in [1.165, 1.54) is 44.5 Å². The minimum atomic E-state index is -0.627. The number of para-hydroxylation sites is 3. The normalized spacial score (nSPS) is 16.7. The van der Waals surface area contributed by atoms with Gasteiger partial charge in [-0.15, -0.1) is 0 Å². The second-order valence-corrected chi connectivity index (χ2v) is 18.5. The third-order valence-electron chi connectivity index (χ3n) is 14.3. The van der Waals surface area contributed by atoms with Crippen molar-refractivity contribution in [2.75, 3.05) is 0 Å². The first kappa shape index (κ1) is 40.0. The largest absolute Gasteiger partial charge is 0.494 e. The number of hydrogen-bond donors (Lipinski definition) is 0. The minimum absolute atomic E-state index is 0.180. The van der Waals surface area contributed by atoms with Crippen molar-refractivity contribution in [2.45, 2.75) is 64.1 Å². The highest BCUT2D eigenvalue weighted by Crippen LogP contribution is 2.62. The lowest BCUT2D eigenvalue weighted by Crippen LogP contribution is -2.41. The molecule has 1 aliphatic carbocycles. The number of rotatable bonds is 7. The van der Waals surface area contributed by atoms with Gasteiger partial charge in [-0.1, -0.05) is 171 Å². The molecule has 0 unspecified atom stereocenters. The summed E-state index contributed by atoms with van der Waals surface area (Å²) >= 11 is 0. The first-order chi connectivity index (χ1) is 31.0. The van der Waals surface area contributed by atoms with Gasteiger partial charge in [0.25, 0.3) is 0 Å². The summed E-state index contributed by atoms with van der Waals surface area (Å²) in [5.74, 6) is 1.92. The fourth-order valence-electron chi connectivity index (χ4n) is 10.1. The fourth-order valence-corrected chi connectivity index (χ4v) is 10.1. The SMILES string of the molecule is CC(=Nc1ccccc1[C@@H](C)c1ccc(-c2ccc(-c3ccc4c(c3)C3(c5ccccc5Oc5ccccc53)c3cc(B5OC(C)(C)C(C)(C)O5)ccc3-4)cc2)cc1)c1ccccc1. The molecule has 1 fully saturated rings. The van der Waals surface area contributed by atoms with Gasteiger partial charge in [0.15, 0.2) is 0 Å². The molecule has 2 aliphatic heterocycles. The Balaban J connectivity index is 0.940. The molecule has 4 nitrogen and oxygen atoms in total. The third-order valence-corrected chi connectivity index (χ3v) is 14.3. The predicted molar refractivity (Wildman–Crippen MR) is 263 cm³/mol. The van der Waals surface area contributed by atoms with Crippen molar-refractivity contribution in [1.29, 1.82) is 0 Å². The Labute approximate surface area is 377 Å². The summed E-state index contributed by atoms with van der Waals surface area (Å²) in [5, 5.41) is 0. The number of aliphatic imine (C=N–C) groups is 1. The first-order valence-electron chi connectivity index (χ1n) is 22.4. The van der Waals surface area contributed by atoms with Crippen molar-refractivity contribution in [3.05, 3.63) is 227 Å². The standard InChI is InChI=1S/C59H50BNO3/c1-38(47-18-10-13-21-54(47)61-39(2)41-16-8-7-9-17-41)40-24-26-42(27-25-40)43-28-30-44(31-29-43)45-32-34-48-49-35-33-46(60-63-57(3,4)58(5,6)64-60)37-53(49)59(52(48)36-45)50-19-11-14-22-55(50)62-56-23-15-12-20-51(56)59/h7-38H,1-6H3/t38-/m0/s1. The van der Waals surface area contributed by atoms with E-state index >= 15 is 0 Å². The van der Waals surface area contributed by atoms with E-state index in [9.17, 15) is 0 Å². The molecule has 0 aromatic heterocycles. The molecule has 8 aromatic rings. The molecule has 3 aliphatic rings. The van der Waals surface area contributed by atoms with Crippen molar-refractivity contribution in [3.8, 4) is 44.9 Å². The molecule has 0 bridgehead atoms. The highest BCUT2D eigenvalue weighted by molar-refractivity contribution is 6.62. The Hall–Kier alpha value is -6.79. The van der Waals surface area contributed by atoms with Gasteiger partial charge < -0.3 is 14.0 Å². The van der Waals surface area contributed by atoms with Crippen molar-refractivity contribution >= 4 is 24.0 Å². The molecule has 8 aromatic carbocycles. The number of benzene rings is 8. The van der Waals surface area contributed by atoms with Crippen molar-refractivity contribution in [3.63, 3.8) is 0 Å². The van der Waals surface area contributed by atoms with Gasteiger partial charge in [-0.2, -0.15) is 0 Å². The Morgan fingerprint density at radius 1 is 0.500 bits per heavy atom. The van der Waals surface area contributed by atoms with E-state index in [0.29, 0.717) is 0 Å². The Morgan fingerprint density at radius 2 is 1.00 bits per heavy atom. The second-order valence-electron chi connectivity index (χ2n) is 18.5. The summed E-state index contributed by atoms with van der Waals surface area (Å²) in [7, 11) is -0.485. The van der Waals surface area contributed by atoms with Gasteiger partial charge in [-0.3, -0.25) is 4.99 Å². The van der Waals surface area contributed by atoms with E-state index in [1.54, 1.807) is 0 Å². The van der Waals surface area contributed by atoms with E-state index in [-0.39, 0.29) is 5.92 Å². The van der Waals surface area contributed by atoms with Gasteiger partial charge in [0.1, 0.15) is 11.5 Å². The van der Waals surface area contributed by atoms with Crippen LogP contribution in [0.3, 0.4) is 0 Å². The zero-order chi connectivity index (χ0) is 43.8. The van der Waals surface area contributed by atoms with Crippen LogP contribution >= 0.6 is 0 Å². The summed E-state index contributed by atoms with van der Waals surface area (Å²) in [4.78, 5) is 5.08. The maximum Gasteiger partial charge on any atom is 0.494 e. The van der Waals surface area contributed by atoms with Gasteiger partial charge in [-0.05, 0) is 126 Å². The maximum atomic E-state index is 6.67. The van der Waals surface area contributed by atoms with E-state index in [1.807, 2.05) is 6.07 Å². The fraction of sp³-hybridized carbons (Fsp3) is 0.169. The number of fused-ring (bicyclic) bond motifs is 9. The molecule has 2 heterocycles. The summed E-state index contributed by atoms with van der Waals surface area (Å²) in [6, 6.07) is 67.7. The van der Waals surface area contributed by atoms with E-state index in [2.05, 4.69) is 224 Å². The van der Waals surface area contributed by atoms with Gasteiger partial charge in [0.05, 0.1) is 22.3 Å². The Kier molecular flexibility index (Phi) is 9.50. The van der Waals surface area contributed by atoms with Crippen molar-refractivity contribution in [2.24, 2.45) is 4.99 Å². The molecule has 1 atom stereocenters. The van der Waals surface area contributed by atoms with Crippen LogP contribution in [0.5, 0.6) is 11.5 Å².